The Morgan fingerprint density at radius 2 is 0.839 bits per heavy atom. The van der Waals surface area contributed by atoms with E-state index >= 15 is 0 Å². The molecule has 1 N–H and O–H groups in total. The molecule has 0 radical (unpaired) electrons. The van der Waals surface area contributed by atoms with Crippen LogP contribution in [0.15, 0.2) is 84.9 Å². The monoisotopic (exact) mass is 841 g/mol. The standard InChI is InChI=1S/C27H30F2N4O.C23H21F2N3/c1-30(2)10-12-32-23-8-6-17(28)14-19(23)21-16-22-20-15-18(29)7-9-24(20)33(13-11-31(3)4)26(22)27(34-5)25(21)32;1-13-22-18(16-10-14(24)4-6-20(16)26-22)12-19-17-11-15(25)5-7-21(17)28(23(13)19)9-8-27(2)3/h6-9,14-16H,10-13H2,1-5H3;4-7,10-12,26H,8-9H2,1-3H3. The molecule has 0 aliphatic carbocycles. The number of likely N-dealkylation sites (N-methyl/N-ethyl adjacent to an activating group) is 3. The van der Waals surface area contributed by atoms with Crippen LogP contribution < -0.4 is 4.74 Å². The minimum Gasteiger partial charge on any atom is -0.492 e. The van der Waals surface area contributed by atoms with Crippen LogP contribution in [0.1, 0.15) is 5.56 Å². The van der Waals surface area contributed by atoms with Crippen LogP contribution in [-0.4, -0.2) is 102 Å². The summed E-state index contributed by atoms with van der Waals surface area (Å²) in [5.74, 6) is -0.332. The Bertz CT molecular complexity index is 3240. The number of benzene rings is 6. The molecule has 10 rings (SSSR count). The van der Waals surface area contributed by atoms with Gasteiger partial charge in [0.2, 0.25) is 0 Å². The van der Waals surface area contributed by atoms with Crippen LogP contribution in [0.3, 0.4) is 0 Å². The third kappa shape index (κ3) is 7.00. The third-order valence-electron chi connectivity index (χ3n) is 12.2. The number of nitrogens with zero attached hydrogens (tertiary/aromatic N) is 6. The second kappa shape index (κ2) is 16.0. The maximum atomic E-state index is 14.4. The molecule has 0 atom stereocenters. The quantitative estimate of drug-likeness (QED) is 0.139. The molecular formula is C50H51F4N7O. The molecule has 4 aromatic heterocycles. The van der Waals surface area contributed by atoms with Crippen molar-refractivity contribution in [3.63, 3.8) is 0 Å². The first-order chi connectivity index (χ1) is 29.7. The average Bonchev–Trinajstić information content (AvgIpc) is 3.94. The van der Waals surface area contributed by atoms with Gasteiger partial charge in [-0.3, -0.25) is 0 Å². The first-order valence-electron chi connectivity index (χ1n) is 20.9. The van der Waals surface area contributed by atoms with Crippen LogP contribution in [-0.2, 0) is 19.6 Å². The number of hydrogen-bond donors (Lipinski definition) is 1. The Hall–Kier alpha value is -6.08. The van der Waals surface area contributed by atoms with Crippen LogP contribution in [0.2, 0.25) is 0 Å². The Balaban J connectivity index is 0.000000161. The van der Waals surface area contributed by atoms with E-state index in [2.05, 4.69) is 52.4 Å². The number of aromatic nitrogens is 4. The fourth-order valence-corrected chi connectivity index (χ4v) is 9.33. The Kier molecular flexibility index (Phi) is 10.6. The van der Waals surface area contributed by atoms with Crippen LogP contribution in [0.25, 0.3) is 87.2 Å². The van der Waals surface area contributed by atoms with Gasteiger partial charge < -0.3 is 38.1 Å². The van der Waals surface area contributed by atoms with Gasteiger partial charge in [0.15, 0.2) is 5.75 Å². The molecule has 10 aromatic rings. The van der Waals surface area contributed by atoms with Crippen molar-refractivity contribution >= 4 is 87.2 Å². The van der Waals surface area contributed by atoms with Crippen LogP contribution in [0.5, 0.6) is 5.75 Å². The summed E-state index contributed by atoms with van der Waals surface area (Å²) in [5, 5.41) is 7.20. The van der Waals surface area contributed by atoms with Gasteiger partial charge in [0.05, 0.1) is 29.2 Å². The van der Waals surface area contributed by atoms with Crippen molar-refractivity contribution in [3.05, 3.63) is 114 Å². The van der Waals surface area contributed by atoms with Crippen LogP contribution >= 0.6 is 0 Å². The van der Waals surface area contributed by atoms with Crippen molar-refractivity contribution < 1.29 is 22.3 Å². The molecule has 0 fully saturated rings. The first-order valence-corrected chi connectivity index (χ1v) is 20.9. The summed E-state index contributed by atoms with van der Waals surface area (Å²) in [6.45, 7) is 6.88. The second-order valence-corrected chi connectivity index (χ2v) is 17.2. The van der Waals surface area contributed by atoms with Gasteiger partial charge in [0.25, 0.3) is 0 Å². The highest BCUT2D eigenvalue weighted by atomic mass is 19.1. The fourth-order valence-electron chi connectivity index (χ4n) is 9.33. The molecule has 0 unspecified atom stereocenters. The zero-order valence-corrected chi connectivity index (χ0v) is 36.4. The zero-order valence-electron chi connectivity index (χ0n) is 36.4. The van der Waals surface area contributed by atoms with Gasteiger partial charge in [-0.05, 0) is 140 Å². The molecule has 8 nitrogen and oxygen atoms in total. The van der Waals surface area contributed by atoms with Gasteiger partial charge in [-0.25, -0.2) is 17.6 Å². The summed E-state index contributed by atoms with van der Waals surface area (Å²) >= 11 is 0. The van der Waals surface area contributed by atoms with E-state index in [1.54, 1.807) is 37.4 Å². The zero-order chi connectivity index (χ0) is 43.7. The number of ether oxygens (including phenoxy) is 1. The number of nitrogens with one attached hydrogen (secondary N) is 1. The van der Waals surface area contributed by atoms with Gasteiger partial charge in [-0.1, -0.05) is 0 Å². The number of aromatic amines is 1. The van der Waals surface area contributed by atoms with E-state index in [4.69, 9.17) is 4.74 Å². The first kappa shape index (κ1) is 41.3. The highest BCUT2D eigenvalue weighted by Gasteiger charge is 2.24. The number of H-pyrrole nitrogens is 1. The molecule has 0 aliphatic heterocycles. The Labute approximate surface area is 357 Å². The summed E-state index contributed by atoms with van der Waals surface area (Å²) in [4.78, 5) is 9.84. The van der Waals surface area contributed by atoms with Crippen molar-refractivity contribution in [3.8, 4) is 5.75 Å². The topological polar surface area (TPSA) is 49.5 Å². The van der Waals surface area contributed by atoms with E-state index in [0.717, 1.165) is 138 Å². The van der Waals surface area contributed by atoms with E-state index < -0.39 is 0 Å². The second-order valence-electron chi connectivity index (χ2n) is 17.2. The number of halogens is 4. The summed E-state index contributed by atoms with van der Waals surface area (Å²) in [6, 6.07) is 23.8. The molecule has 0 saturated carbocycles. The van der Waals surface area contributed by atoms with Gasteiger partial charge in [0, 0.05) is 104 Å². The summed E-state index contributed by atoms with van der Waals surface area (Å²) in [5.41, 5.74) is 8.91. The van der Waals surface area contributed by atoms with E-state index in [9.17, 15) is 17.6 Å². The summed E-state index contributed by atoms with van der Waals surface area (Å²) in [6.07, 6.45) is 0. The van der Waals surface area contributed by atoms with Crippen molar-refractivity contribution in [1.82, 2.24) is 33.4 Å². The van der Waals surface area contributed by atoms with Crippen LogP contribution in [0.4, 0.5) is 17.6 Å². The molecule has 0 amide bonds. The lowest BCUT2D eigenvalue weighted by molar-refractivity contribution is 0.383. The number of fused-ring (bicyclic) bond motifs is 12. The minimum absolute atomic E-state index is 0.248. The molecule has 320 valence electrons. The largest absolute Gasteiger partial charge is 0.492 e. The Morgan fingerprint density at radius 1 is 0.468 bits per heavy atom. The molecule has 12 heteroatoms. The molecular weight excluding hydrogens is 791 g/mol. The number of methoxy groups -OCH3 is 1. The van der Waals surface area contributed by atoms with E-state index in [0.29, 0.717) is 0 Å². The normalized spacial score (nSPS) is 12.4. The van der Waals surface area contributed by atoms with Crippen molar-refractivity contribution in [2.75, 3.05) is 69.0 Å². The predicted molar refractivity (Wildman–Crippen MR) is 248 cm³/mol. The number of rotatable bonds is 10. The lowest BCUT2D eigenvalue weighted by Gasteiger charge is -2.17. The molecule has 62 heavy (non-hydrogen) atoms. The van der Waals surface area contributed by atoms with Gasteiger partial charge in [0.1, 0.15) is 23.3 Å². The van der Waals surface area contributed by atoms with Crippen molar-refractivity contribution in [1.29, 1.82) is 0 Å². The maximum absolute atomic E-state index is 14.4. The maximum Gasteiger partial charge on any atom is 0.167 e. The molecule has 0 saturated heterocycles. The molecule has 6 aromatic carbocycles. The molecule has 0 bridgehead atoms. The fraction of sp³-hybridized carbons (Fsp3) is 0.280. The van der Waals surface area contributed by atoms with Gasteiger partial charge in [-0.2, -0.15) is 0 Å². The van der Waals surface area contributed by atoms with Crippen LogP contribution in [0, 0.1) is 30.2 Å². The lowest BCUT2D eigenvalue weighted by atomic mass is 10.0. The van der Waals surface area contributed by atoms with E-state index in [1.165, 1.54) is 24.3 Å². The number of aryl methyl sites for hydroxylation is 1. The third-order valence-corrected chi connectivity index (χ3v) is 12.2. The average molecular weight is 842 g/mol. The highest BCUT2D eigenvalue weighted by Crippen LogP contribution is 2.45. The lowest BCUT2D eigenvalue weighted by Crippen LogP contribution is -2.19. The SMILES string of the molecule is COc1c2c(cc3c4cc(F)ccc4n(CCN(C)C)c13)c1cc(F)ccc1n2CCN(C)C.Cc1c2[nH]c3ccc(F)cc3c2cc2c3cc(F)ccc3n(CCN(C)C)c12. The molecule has 0 aliphatic rings. The molecule has 4 heterocycles. The smallest absolute Gasteiger partial charge is 0.167 e. The van der Waals surface area contributed by atoms with E-state index in [-0.39, 0.29) is 23.3 Å². The minimum atomic E-state index is -0.280. The Morgan fingerprint density at radius 3 is 1.26 bits per heavy atom. The number of hydrogen-bond acceptors (Lipinski definition) is 4. The summed E-state index contributed by atoms with van der Waals surface area (Å²) in [7, 11) is 13.9. The summed E-state index contributed by atoms with van der Waals surface area (Å²) < 4.78 is 69.5. The van der Waals surface area contributed by atoms with Gasteiger partial charge >= 0.3 is 0 Å². The predicted octanol–water partition coefficient (Wildman–Crippen LogP) is 10.9. The van der Waals surface area contributed by atoms with E-state index in [1.807, 2.05) is 60.5 Å². The molecule has 0 spiro atoms. The van der Waals surface area contributed by atoms with Crippen molar-refractivity contribution in [2.24, 2.45) is 0 Å². The van der Waals surface area contributed by atoms with Gasteiger partial charge in [-0.15, -0.1) is 0 Å². The highest BCUT2D eigenvalue weighted by molar-refractivity contribution is 6.22. The van der Waals surface area contributed by atoms with Crippen molar-refractivity contribution in [2.45, 2.75) is 26.6 Å².